The Morgan fingerprint density at radius 3 is 2.71 bits per heavy atom. The van der Waals surface area contributed by atoms with Gasteiger partial charge in [-0.05, 0) is 30.2 Å². The summed E-state index contributed by atoms with van der Waals surface area (Å²) in [5.74, 6) is 5.90. The highest BCUT2D eigenvalue weighted by Crippen LogP contribution is 2.29. The number of nitrogens with one attached hydrogen (secondary N) is 1. The molecule has 0 amide bonds. The second-order valence-electron chi connectivity index (χ2n) is 4.82. The van der Waals surface area contributed by atoms with E-state index in [9.17, 15) is 4.39 Å². The van der Waals surface area contributed by atoms with Crippen LogP contribution in [0, 0.1) is 5.82 Å². The van der Waals surface area contributed by atoms with Crippen LogP contribution in [0.1, 0.15) is 17.4 Å². The number of furan rings is 1. The molecule has 0 radical (unpaired) electrons. The summed E-state index contributed by atoms with van der Waals surface area (Å²) in [5.41, 5.74) is 4.10. The van der Waals surface area contributed by atoms with Crippen molar-refractivity contribution in [3.05, 3.63) is 70.1 Å². The summed E-state index contributed by atoms with van der Waals surface area (Å²) in [6, 6.07) is 14.4. The summed E-state index contributed by atoms with van der Waals surface area (Å²) in [5, 5.41) is 0.734. The summed E-state index contributed by atoms with van der Waals surface area (Å²) in [6.45, 7) is 0. The fourth-order valence-electron chi connectivity index (χ4n) is 2.34. The van der Waals surface area contributed by atoms with Crippen LogP contribution in [0.2, 0.25) is 0 Å². The topological polar surface area (TPSA) is 51.2 Å². The Bertz CT molecular complexity index is 772. The lowest BCUT2D eigenvalue weighted by Gasteiger charge is -2.14. The summed E-state index contributed by atoms with van der Waals surface area (Å²) < 4.78 is 20.3. The predicted molar refractivity (Wildman–Crippen MR) is 84.1 cm³/mol. The Labute approximate surface area is 130 Å². The van der Waals surface area contributed by atoms with E-state index in [0.717, 1.165) is 15.4 Å². The van der Waals surface area contributed by atoms with Gasteiger partial charge in [0.1, 0.15) is 5.76 Å². The van der Waals surface area contributed by atoms with Crippen LogP contribution in [-0.4, -0.2) is 0 Å². The van der Waals surface area contributed by atoms with Crippen LogP contribution >= 0.6 is 15.9 Å². The van der Waals surface area contributed by atoms with Crippen molar-refractivity contribution in [2.75, 3.05) is 0 Å². The number of para-hydroxylation sites is 1. The molecule has 3 aromatic rings. The first-order valence-electron chi connectivity index (χ1n) is 6.56. The normalized spacial score (nSPS) is 12.7. The van der Waals surface area contributed by atoms with E-state index >= 15 is 0 Å². The average molecular weight is 349 g/mol. The van der Waals surface area contributed by atoms with Crippen molar-refractivity contribution in [2.24, 2.45) is 5.84 Å². The molecule has 0 saturated carbocycles. The lowest BCUT2D eigenvalue weighted by atomic mass is 10.0. The van der Waals surface area contributed by atoms with Gasteiger partial charge in [-0.15, -0.1) is 0 Å². The minimum Gasteiger partial charge on any atom is -0.456 e. The molecule has 0 aliphatic heterocycles. The molecule has 3 rings (SSSR count). The molecule has 1 unspecified atom stereocenters. The molecule has 0 spiro atoms. The van der Waals surface area contributed by atoms with Gasteiger partial charge in [-0.3, -0.25) is 5.84 Å². The smallest absolute Gasteiger partial charge is 0.169 e. The monoisotopic (exact) mass is 348 g/mol. The van der Waals surface area contributed by atoms with Crippen LogP contribution in [0.3, 0.4) is 0 Å². The maximum absolute atomic E-state index is 13.7. The summed E-state index contributed by atoms with van der Waals surface area (Å²) in [6.07, 6.45) is 0.638. The number of fused-ring (bicyclic) bond motifs is 1. The summed E-state index contributed by atoms with van der Waals surface area (Å²) in [7, 11) is 0. The molecule has 21 heavy (non-hydrogen) atoms. The van der Waals surface area contributed by atoms with Crippen molar-refractivity contribution < 1.29 is 8.81 Å². The van der Waals surface area contributed by atoms with Gasteiger partial charge in [-0.2, -0.15) is 0 Å². The second-order valence-corrected chi connectivity index (χ2v) is 5.68. The van der Waals surface area contributed by atoms with Gasteiger partial charge in [-0.25, -0.2) is 9.82 Å². The van der Waals surface area contributed by atoms with E-state index in [2.05, 4.69) is 21.4 Å². The quantitative estimate of drug-likeness (QED) is 0.551. The fourth-order valence-corrected chi connectivity index (χ4v) is 2.79. The summed E-state index contributed by atoms with van der Waals surface area (Å²) in [4.78, 5) is 0. The Morgan fingerprint density at radius 2 is 2.00 bits per heavy atom. The highest BCUT2D eigenvalue weighted by molar-refractivity contribution is 9.10. The van der Waals surface area contributed by atoms with Crippen LogP contribution in [0.4, 0.5) is 4.39 Å². The van der Waals surface area contributed by atoms with E-state index in [4.69, 9.17) is 10.3 Å². The molecule has 0 aliphatic rings. The van der Waals surface area contributed by atoms with E-state index in [-0.39, 0.29) is 17.4 Å². The zero-order valence-corrected chi connectivity index (χ0v) is 12.7. The van der Waals surface area contributed by atoms with Crippen molar-refractivity contribution in [1.82, 2.24) is 5.43 Å². The molecule has 1 atom stereocenters. The van der Waals surface area contributed by atoms with Crippen LogP contribution in [0.5, 0.6) is 0 Å². The third kappa shape index (κ3) is 2.85. The maximum atomic E-state index is 13.7. The molecule has 1 heterocycles. The van der Waals surface area contributed by atoms with Gasteiger partial charge >= 0.3 is 0 Å². The zero-order valence-electron chi connectivity index (χ0n) is 11.1. The second kappa shape index (κ2) is 5.97. The number of hydrogen-bond donors (Lipinski definition) is 2. The third-order valence-corrected chi connectivity index (χ3v) is 4.22. The lowest BCUT2D eigenvalue weighted by Crippen LogP contribution is -2.29. The minimum absolute atomic E-state index is 0.226. The molecule has 0 aliphatic carbocycles. The van der Waals surface area contributed by atoms with E-state index < -0.39 is 0 Å². The number of hydrazine groups is 1. The van der Waals surface area contributed by atoms with Crippen molar-refractivity contribution in [3.8, 4) is 0 Å². The first-order chi connectivity index (χ1) is 10.2. The first kappa shape index (κ1) is 14.3. The number of benzene rings is 2. The van der Waals surface area contributed by atoms with Crippen molar-refractivity contribution in [3.63, 3.8) is 0 Å². The predicted octanol–water partition coefficient (Wildman–Crippen LogP) is 4.08. The molecule has 2 aromatic carbocycles. The molecule has 0 fully saturated rings. The molecular weight excluding hydrogens is 335 g/mol. The van der Waals surface area contributed by atoms with Crippen molar-refractivity contribution in [2.45, 2.75) is 12.5 Å². The van der Waals surface area contributed by atoms with Gasteiger partial charge in [0.15, 0.2) is 11.4 Å². The van der Waals surface area contributed by atoms with Crippen molar-refractivity contribution >= 4 is 26.9 Å². The lowest BCUT2D eigenvalue weighted by molar-refractivity contribution is 0.427. The number of nitrogens with two attached hydrogens (primary N) is 1. The van der Waals surface area contributed by atoms with Gasteiger partial charge in [0, 0.05) is 9.86 Å². The molecule has 0 bridgehead atoms. The minimum atomic E-state index is -0.365. The van der Waals surface area contributed by atoms with Gasteiger partial charge in [-0.1, -0.05) is 46.3 Å². The average Bonchev–Trinajstić information content (AvgIpc) is 2.92. The van der Waals surface area contributed by atoms with E-state index in [0.29, 0.717) is 12.2 Å². The highest BCUT2D eigenvalue weighted by atomic mass is 79.9. The fraction of sp³-hybridized carbons (Fsp3) is 0.125. The standard InChI is InChI=1S/C16H14BrFN2O/c17-12-6-2-1-4-10(12)8-14(20-19)15-9-11-5-3-7-13(18)16(11)21-15/h1-7,9,14,20H,8,19H2. The zero-order chi connectivity index (χ0) is 14.8. The van der Waals surface area contributed by atoms with E-state index in [1.807, 2.05) is 36.4 Å². The van der Waals surface area contributed by atoms with E-state index in [1.165, 1.54) is 6.07 Å². The Kier molecular flexibility index (Phi) is 4.05. The number of hydrogen-bond acceptors (Lipinski definition) is 3. The van der Waals surface area contributed by atoms with Crippen molar-refractivity contribution in [1.29, 1.82) is 0 Å². The van der Waals surface area contributed by atoms with Gasteiger partial charge in [0.2, 0.25) is 0 Å². The number of halogens is 2. The largest absolute Gasteiger partial charge is 0.456 e. The SMILES string of the molecule is NNC(Cc1ccccc1Br)c1cc2cccc(F)c2o1. The molecule has 3 N–H and O–H groups in total. The van der Waals surface area contributed by atoms with Crippen LogP contribution < -0.4 is 11.3 Å². The Balaban J connectivity index is 1.95. The van der Waals surface area contributed by atoms with Crippen LogP contribution in [-0.2, 0) is 6.42 Å². The molecule has 3 nitrogen and oxygen atoms in total. The van der Waals surface area contributed by atoms with Gasteiger partial charge < -0.3 is 4.42 Å². The number of rotatable bonds is 4. The third-order valence-electron chi connectivity index (χ3n) is 3.44. The summed E-state index contributed by atoms with van der Waals surface area (Å²) >= 11 is 3.51. The molecule has 0 saturated heterocycles. The van der Waals surface area contributed by atoms with Crippen LogP contribution in [0.25, 0.3) is 11.0 Å². The van der Waals surface area contributed by atoms with E-state index in [1.54, 1.807) is 6.07 Å². The van der Waals surface area contributed by atoms with Gasteiger partial charge in [0.25, 0.3) is 0 Å². The molecule has 108 valence electrons. The molecule has 5 heteroatoms. The first-order valence-corrected chi connectivity index (χ1v) is 7.36. The molecular formula is C16H14BrFN2O. The molecule has 1 aromatic heterocycles. The Morgan fingerprint density at radius 1 is 1.19 bits per heavy atom. The Hall–Kier alpha value is -1.69. The highest BCUT2D eigenvalue weighted by Gasteiger charge is 2.18. The van der Waals surface area contributed by atoms with Gasteiger partial charge in [0.05, 0.1) is 6.04 Å². The maximum Gasteiger partial charge on any atom is 0.169 e. The van der Waals surface area contributed by atoms with Crippen LogP contribution in [0.15, 0.2) is 57.4 Å².